The van der Waals surface area contributed by atoms with E-state index in [4.69, 9.17) is 0 Å². The summed E-state index contributed by atoms with van der Waals surface area (Å²) in [5.74, 6) is 1.06. The van der Waals surface area contributed by atoms with Gasteiger partial charge in [0.15, 0.2) is 0 Å². The highest BCUT2D eigenvalue weighted by Crippen LogP contribution is 2.28. The van der Waals surface area contributed by atoms with Crippen molar-refractivity contribution in [1.29, 1.82) is 0 Å². The standard InChI is InChI=1S/C20H26N4O/c1-15-12-22-24(14-15)19-6-4-17(5-7-19)20(25)23-10-8-18(9-11-23)21-13-16-2-3-16/h4-7,12,14,16,18,21H,2-3,8-11,13H2,1H3. The van der Waals surface area contributed by atoms with Gasteiger partial charge >= 0.3 is 0 Å². The molecule has 2 fully saturated rings. The minimum absolute atomic E-state index is 0.142. The van der Waals surface area contributed by atoms with Crippen LogP contribution in [0, 0.1) is 12.8 Å². The Morgan fingerprint density at radius 1 is 1.16 bits per heavy atom. The van der Waals surface area contributed by atoms with Gasteiger partial charge in [0.1, 0.15) is 0 Å². The van der Waals surface area contributed by atoms with Gasteiger partial charge in [0.05, 0.1) is 11.9 Å². The van der Waals surface area contributed by atoms with Crippen LogP contribution in [0.25, 0.3) is 5.69 Å². The van der Waals surface area contributed by atoms with Crippen molar-refractivity contribution < 1.29 is 4.79 Å². The zero-order valence-corrected chi connectivity index (χ0v) is 14.8. The number of rotatable bonds is 5. The number of hydrogen-bond donors (Lipinski definition) is 1. The molecule has 1 saturated carbocycles. The van der Waals surface area contributed by atoms with Crippen LogP contribution >= 0.6 is 0 Å². The van der Waals surface area contributed by atoms with Crippen molar-refractivity contribution in [2.45, 2.75) is 38.6 Å². The highest BCUT2D eigenvalue weighted by atomic mass is 16.2. The number of hydrogen-bond acceptors (Lipinski definition) is 3. The van der Waals surface area contributed by atoms with Gasteiger partial charge in [-0.25, -0.2) is 4.68 Å². The first kappa shape index (κ1) is 16.3. The van der Waals surface area contributed by atoms with Crippen LogP contribution in [0.5, 0.6) is 0 Å². The summed E-state index contributed by atoms with van der Waals surface area (Å²) in [5, 5.41) is 7.97. The summed E-state index contributed by atoms with van der Waals surface area (Å²) in [5.41, 5.74) is 2.86. The van der Waals surface area contributed by atoms with Crippen LogP contribution in [0.1, 0.15) is 41.6 Å². The highest BCUT2D eigenvalue weighted by molar-refractivity contribution is 5.94. The molecule has 0 unspecified atom stereocenters. The number of carbonyl (C=O) groups excluding carboxylic acids is 1. The fourth-order valence-corrected chi connectivity index (χ4v) is 3.44. The van der Waals surface area contributed by atoms with Crippen LogP contribution in [0.4, 0.5) is 0 Å². The van der Waals surface area contributed by atoms with Gasteiger partial charge in [-0.05, 0) is 74.9 Å². The lowest BCUT2D eigenvalue weighted by Gasteiger charge is -2.32. The second-order valence-electron chi connectivity index (χ2n) is 7.43. The first-order chi connectivity index (χ1) is 12.2. The lowest BCUT2D eigenvalue weighted by Crippen LogP contribution is -2.45. The molecule has 1 aromatic carbocycles. The van der Waals surface area contributed by atoms with Gasteiger partial charge in [0, 0.05) is 30.9 Å². The number of piperidine rings is 1. The van der Waals surface area contributed by atoms with Crippen molar-refractivity contribution in [2.24, 2.45) is 5.92 Å². The number of carbonyl (C=O) groups is 1. The van der Waals surface area contributed by atoms with Gasteiger partial charge in [0.2, 0.25) is 0 Å². The monoisotopic (exact) mass is 338 g/mol. The topological polar surface area (TPSA) is 50.2 Å². The van der Waals surface area contributed by atoms with E-state index in [2.05, 4.69) is 10.4 Å². The van der Waals surface area contributed by atoms with E-state index in [1.54, 1.807) is 0 Å². The summed E-state index contributed by atoms with van der Waals surface area (Å²) in [6.07, 6.45) is 8.71. The summed E-state index contributed by atoms with van der Waals surface area (Å²) < 4.78 is 1.83. The molecule has 0 atom stereocenters. The van der Waals surface area contributed by atoms with E-state index in [-0.39, 0.29) is 5.91 Å². The van der Waals surface area contributed by atoms with Gasteiger partial charge in [-0.15, -0.1) is 0 Å². The van der Waals surface area contributed by atoms with E-state index >= 15 is 0 Å². The number of benzene rings is 1. The molecule has 0 radical (unpaired) electrons. The van der Waals surface area contributed by atoms with E-state index in [0.29, 0.717) is 6.04 Å². The lowest BCUT2D eigenvalue weighted by atomic mass is 10.0. The molecule has 132 valence electrons. The molecule has 2 aliphatic rings. The molecule has 0 bridgehead atoms. The molecule has 5 nitrogen and oxygen atoms in total. The largest absolute Gasteiger partial charge is 0.339 e. The molecule has 1 aliphatic carbocycles. The smallest absolute Gasteiger partial charge is 0.253 e. The third-order valence-corrected chi connectivity index (χ3v) is 5.26. The maximum atomic E-state index is 12.7. The minimum Gasteiger partial charge on any atom is -0.339 e. The molecule has 1 saturated heterocycles. The Morgan fingerprint density at radius 3 is 2.48 bits per heavy atom. The molecule has 2 aromatic rings. The number of nitrogens with one attached hydrogen (secondary N) is 1. The molecule has 1 amide bonds. The summed E-state index contributed by atoms with van der Waals surface area (Å²) in [4.78, 5) is 14.7. The molecular weight excluding hydrogens is 312 g/mol. The van der Waals surface area contributed by atoms with E-state index in [1.807, 2.05) is 53.2 Å². The first-order valence-electron chi connectivity index (χ1n) is 9.33. The Kier molecular flexibility index (Phi) is 4.57. The van der Waals surface area contributed by atoms with Crippen molar-refractivity contribution >= 4 is 5.91 Å². The number of amides is 1. The normalized spacial score (nSPS) is 18.5. The van der Waals surface area contributed by atoms with Crippen LogP contribution < -0.4 is 5.32 Å². The number of aromatic nitrogens is 2. The number of aryl methyl sites for hydroxylation is 1. The van der Waals surface area contributed by atoms with E-state index in [9.17, 15) is 4.79 Å². The fraction of sp³-hybridized carbons (Fsp3) is 0.500. The third kappa shape index (κ3) is 3.93. The maximum Gasteiger partial charge on any atom is 0.253 e. The molecule has 25 heavy (non-hydrogen) atoms. The SMILES string of the molecule is Cc1cnn(-c2ccc(C(=O)N3CCC(NCC4CC4)CC3)cc2)c1. The zero-order chi connectivity index (χ0) is 17.2. The summed E-state index contributed by atoms with van der Waals surface area (Å²) >= 11 is 0. The van der Waals surface area contributed by atoms with Gasteiger partial charge < -0.3 is 10.2 Å². The molecule has 2 heterocycles. The second-order valence-corrected chi connectivity index (χ2v) is 7.43. The predicted molar refractivity (Wildman–Crippen MR) is 98.0 cm³/mol. The molecule has 1 aliphatic heterocycles. The second kappa shape index (κ2) is 7.00. The Hall–Kier alpha value is -2.14. The molecular formula is C20H26N4O. The van der Waals surface area contributed by atoms with Crippen molar-refractivity contribution in [3.63, 3.8) is 0 Å². The van der Waals surface area contributed by atoms with Crippen LogP contribution in [-0.2, 0) is 0 Å². The Labute approximate surface area is 149 Å². The summed E-state index contributed by atoms with van der Waals surface area (Å²) in [7, 11) is 0. The maximum absolute atomic E-state index is 12.7. The van der Waals surface area contributed by atoms with Crippen molar-refractivity contribution in [3.8, 4) is 5.69 Å². The first-order valence-corrected chi connectivity index (χ1v) is 9.33. The third-order valence-electron chi connectivity index (χ3n) is 5.26. The fourth-order valence-electron chi connectivity index (χ4n) is 3.44. The van der Waals surface area contributed by atoms with Crippen LogP contribution in [-0.4, -0.2) is 46.3 Å². The van der Waals surface area contributed by atoms with Gasteiger partial charge in [-0.2, -0.15) is 5.10 Å². The van der Waals surface area contributed by atoms with Crippen LogP contribution in [0.3, 0.4) is 0 Å². The summed E-state index contributed by atoms with van der Waals surface area (Å²) in [6.45, 7) is 4.88. The average Bonchev–Trinajstić information content (AvgIpc) is 3.39. The molecule has 5 heteroatoms. The Bertz CT molecular complexity index is 724. The Balaban J connectivity index is 1.33. The number of likely N-dealkylation sites (tertiary alicyclic amines) is 1. The molecule has 4 rings (SSSR count). The molecule has 1 aromatic heterocycles. The number of nitrogens with zero attached hydrogens (tertiary/aromatic N) is 3. The lowest BCUT2D eigenvalue weighted by molar-refractivity contribution is 0.0705. The molecule has 1 N–H and O–H groups in total. The van der Waals surface area contributed by atoms with Gasteiger partial charge in [-0.1, -0.05) is 0 Å². The average molecular weight is 338 g/mol. The summed E-state index contributed by atoms with van der Waals surface area (Å²) in [6, 6.07) is 8.32. The van der Waals surface area contributed by atoms with Crippen molar-refractivity contribution in [3.05, 3.63) is 47.8 Å². The van der Waals surface area contributed by atoms with Gasteiger partial charge in [0.25, 0.3) is 5.91 Å². The predicted octanol–water partition coefficient (Wildman–Crippen LogP) is 2.78. The Morgan fingerprint density at radius 2 is 1.88 bits per heavy atom. The van der Waals surface area contributed by atoms with Crippen LogP contribution in [0.15, 0.2) is 36.7 Å². The van der Waals surface area contributed by atoms with E-state index in [1.165, 1.54) is 12.8 Å². The van der Waals surface area contributed by atoms with Crippen molar-refractivity contribution in [1.82, 2.24) is 20.0 Å². The highest BCUT2D eigenvalue weighted by Gasteiger charge is 2.26. The zero-order valence-electron chi connectivity index (χ0n) is 14.8. The van der Waals surface area contributed by atoms with E-state index < -0.39 is 0 Å². The molecule has 0 spiro atoms. The van der Waals surface area contributed by atoms with Gasteiger partial charge in [-0.3, -0.25) is 4.79 Å². The minimum atomic E-state index is 0.142. The quantitative estimate of drug-likeness (QED) is 0.912. The van der Waals surface area contributed by atoms with Crippen LogP contribution in [0.2, 0.25) is 0 Å². The van der Waals surface area contributed by atoms with Crippen molar-refractivity contribution in [2.75, 3.05) is 19.6 Å². The van der Waals surface area contributed by atoms with E-state index in [0.717, 1.165) is 55.2 Å².